The van der Waals surface area contributed by atoms with Gasteiger partial charge in [0.25, 0.3) is 0 Å². The highest BCUT2D eigenvalue weighted by molar-refractivity contribution is 5.40. The zero-order chi connectivity index (χ0) is 11.4. The van der Waals surface area contributed by atoms with Gasteiger partial charge in [-0.25, -0.2) is 9.97 Å². The summed E-state index contributed by atoms with van der Waals surface area (Å²) in [7, 11) is 0. The van der Waals surface area contributed by atoms with Gasteiger partial charge in [0.1, 0.15) is 5.82 Å². The molecule has 1 aromatic heterocycles. The van der Waals surface area contributed by atoms with Gasteiger partial charge in [-0.15, -0.1) is 0 Å². The first-order chi connectivity index (χ1) is 7.75. The Kier molecular flexibility index (Phi) is 3.72. The molecule has 0 unspecified atom stereocenters. The van der Waals surface area contributed by atoms with Crippen LogP contribution in [0.5, 0.6) is 0 Å². The van der Waals surface area contributed by atoms with Gasteiger partial charge in [0.2, 0.25) is 0 Å². The van der Waals surface area contributed by atoms with Crippen LogP contribution in [-0.4, -0.2) is 34.5 Å². The van der Waals surface area contributed by atoms with Crippen molar-refractivity contribution in [1.82, 2.24) is 14.9 Å². The maximum absolute atomic E-state index is 5.86. The molecule has 88 valence electrons. The van der Waals surface area contributed by atoms with Crippen LogP contribution in [0, 0.1) is 6.92 Å². The summed E-state index contributed by atoms with van der Waals surface area (Å²) < 4.78 is 0. The van der Waals surface area contributed by atoms with Crippen molar-refractivity contribution in [3.63, 3.8) is 0 Å². The molecule has 4 heteroatoms. The van der Waals surface area contributed by atoms with Crippen molar-refractivity contribution in [2.75, 3.05) is 25.4 Å². The van der Waals surface area contributed by atoms with E-state index in [1.165, 1.54) is 32.4 Å². The number of nitrogens with two attached hydrogens (primary N) is 1. The molecule has 0 aliphatic carbocycles. The third-order valence-electron chi connectivity index (χ3n) is 3.13. The maximum atomic E-state index is 5.86. The molecule has 0 aromatic carbocycles. The smallest absolute Gasteiger partial charge is 0.125 e. The van der Waals surface area contributed by atoms with Crippen molar-refractivity contribution in [3.8, 4) is 0 Å². The summed E-state index contributed by atoms with van der Waals surface area (Å²) in [5, 5.41) is 0. The maximum Gasteiger partial charge on any atom is 0.125 e. The van der Waals surface area contributed by atoms with E-state index in [-0.39, 0.29) is 0 Å². The molecular formula is C12H20N4. The monoisotopic (exact) mass is 220 g/mol. The number of anilines is 1. The summed E-state index contributed by atoms with van der Waals surface area (Å²) in [4.78, 5) is 11.0. The minimum atomic E-state index is 0.725. The third-order valence-corrected chi connectivity index (χ3v) is 3.13. The van der Waals surface area contributed by atoms with Crippen LogP contribution < -0.4 is 5.73 Å². The zero-order valence-electron chi connectivity index (χ0n) is 9.95. The number of aromatic nitrogens is 2. The standard InChI is InChI=1S/C12H20N4/c1-10-14-9-11(13)12(15-10)5-8-16-6-3-2-4-7-16/h9H,2-8,13H2,1H3. The second-order valence-electron chi connectivity index (χ2n) is 4.47. The Balaban J connectivity index is 1.90. The minimum absolute atomic E-state index is 0.725. The molecule has 1 aliphatic rings. The number of hydrogen-bond acceptors (Lipinski definition) is 4. The molecule has 0 saturated carbocycles. The fourth-order valence-electron chi connectivity index (χ4n) is 2.17. The second-order valence-corrected chi connectivity index (χ2v) is 4.47. The molecule has 2 N–H and O–H groups in total. The first kappa shape index (κ1) is 11.3. The molecule has 0 spiro atoms. The van der Waals surface area contributed by atoms with Gasteiger partial charge in [0, 0.05) is 13.0 Å². The van der Waals surface area contributed by atoms with Crippen molar-refractivity contribution in [2.45, 2.75) is 32.6 Å². The highest BCUT2D eigenvalue weighted by Crippen LogP contribution is 2.12. The summed E-state index contributed by atoms with van der Waals surface area (Å²) in [6, 6.07) is 0. The molecule has 1 fully saturated rings. The average Bonchev–Trinajstić information content (AvgIpc) is 2.32. The van der Waals surface area contributed by atoms with Gasteiger partial charge in [-0.2, -0.15) is 0 Å². The number of piperidine rings is 1. The Hall–Kier alpha value is -1.16. The van der Waals surface area contributed by atoms with Crippen LogP contribution in [0.3, 0.4) is 0 Å². The Bertz CT molecular complexity index is 345. The number of nitrogen functional groups attached to an aromatic ring is 1. The molecule has 2 rings (SSSR count). The van der Waals surface area contributed by atoms with Gasteiger partial charge < -0.3 is 10.6 Å². The van der Waals surface area contributed by atoms with Crippen molar-refractivity contribution >= 4 is 5.69 Å². The van der Waals surface area contributed by atoms with E-state index in [2.05, 4.69) is 14.9 Å². The quantitative estimate of drug-likeness (QED) is 0.836. The lowest BCUT2D eigenvalue weighted by atomic mass is 10.1. The Morgan fingerprint density at radius 1 is 1.31 bits per heavy atom. The zero-order valence-corrected chi connectivity index (χ0v) is 9.95. The molecular weight excluding hydrogens is 200 g/mol. The van der Waals surface area contributed by atoms with E-state index in [9.17, 15) is 0 Å². The van der Waals surface area contributed by atoms with Crippen LogP contribution in [0.4, 0.5) is 5.69 Å². The normalized spacial score (nSPS) is 17.6. The first-order valence-corrected chi connectivity index (χ1v) is 6.06. The number of aryl methyl sites for hydroxylation is 1. The lowest BCUT2D eigenvalue weighted by Gasteiger charge is -2.26. The van der Waals surface area contributed by atoms with Crippen molar-refractivity contribution in [1.29, 1.82) is 0 Å². The third kappa shape index (κ3) is 2.92. The van der Waals surface area contributed by atoms with E-state index in [0.717, 1.165) is 30.2 Å². The predicted molar refractivity (Wildman–Crippen MR) is 65.2 cm³/mol. The molecule has 1 saturated heterocycles. The van der Waals surface area contributed by atoms with E-state index < -0.39 is 0 Å². The predicted octanol–water partition coefficient (Wildman–Crippen LogP) is 1.40. The highest BCUT2D eigenvalue weighted by atomic mass is 15.1. The number of nitrogens with zero attached hydrogens (tertiary/aromatic N) is 3. The molecule has 2 heterocycles. The van der Waals surface area contributed by atoms with E-state index >= 15 is 0 Å². The molecule has 4 nitrogen and oxygen atoms in total. The largest absolute Gasteiger partial charge is 0.396 e. The molecule has 1 aliphatic heterocycles. The molecule has 0 bridgehead atoms. The van der Waals surface area contributed by atoms with Gasteiger partial charge in [0.15, 0.2) is 0 Å². The lowest BCUT2D eigenvalue weighted by Crippen LogP contribution is -2.31. The lowest BCUT2D eigenvalue weighted by molar-refractivity contribution is 0.231. The number of hydrogen-bond donors (Lipinski definition) is 1. The summed E-state index contributed by atoms with van der Waals surface area (Å²) in [5.41, 5.74) is 7.58. The summed E-state index contributed by atoms with van der Waals surface area (Å²) in [5.74, 6) is 0.808. The molecule has 0 atom stereocenters. The van der Waals surface area contributed by atoms with Gasteiger partial charge in [0.05, 0.1) is 17.6 Å². The van der Waals surface area contributed by atoms with Gasteiger partial charge in [-0.1, -0.05) is 6.42 Å². The van der Waals surface area contributed by atoms with E-state index in [1.807, 2.05) is 6.92 Å². The van der Waals surface area contributed by atoms with Crippen LogP contribution in [-0.2, 0) is 6.42 Å². The molecule has 0 amide bonds. The Morgan fingerprint density at radius 3 is 2.81 bits per heavy atom. The van der Waals surface area contributed by atoms with Crippen molar-refractivity contribution < 1.29 is 0 Å². The average molecular weight is 220 g/mol. The van der Waals surface area contributed by atoms with Crippen LogP contribution in [0.25, 0.3) is 0 Å². The Morgan fingerprint density at radius 2 is 2.06 bits per heavy atom. The van der Waals surface area contributed by atoms with E-state index in [0.29, 0.717) is 0 Å². The minimum Gasteiger partial charge on any atom is -0.396 e. The highest BCUT2D eigenvalue weighted by Gasteiger charge is 2.11. The first-order valence-electron chi connectivity index (χ1n) is 6.06. The number of rotatable bonds is 3. The van der Waals surface area contributed by atoms with Gasteiger partial charge in [-0.3, -0.25) is 0 Å². The summed E-state index contributed by atoms with van der Waals surface area (Å²) in [6.07, 6.45) is 6.70. The second kappa shape index (κ2) is 5.25. The van der Waals surface area contributed by atoms with Crippen LogP contribution >= 0.6 is 0 Å². The van der Waals surface area contributed by atoms with Crippen molar-refractivity contribution in [3.05, 3.63) is 17.7 Å². The molecule has 1 aromatic rings. The van der Waals surface area contributed by atoms with Crippen LogP contribution in [0.1, 0.15) is 30.8 Å². The Labute approximate surface area is 96.9 Å². The van der Waals surface area contributed by atoms with E-state index in [4.69, 9.17) is 5.73 Å². The SMILES string of the molecule is Cc1ncc(N)c(CCN2CCCCC2)n1. The fourth-order valence-corrected chi connectivity index (χ4v) is 2.17. The number of likely N-dealkylation sites (tertiary alicyclic amines) is 1. The van der Waals surface area contributed by atoms with Crippen LogP contribution in [0.2, 0.25) is 0 Å². The van der Waals surface area contributed by atoms with Gasteiger partial charge in [-0.05, 0) is 32.9 Å². The van der Waals surface area contributed by atoms with Crippen molar-refractivity contribution in [2.24, 2.45) is 0 Å². The van der Waals surface area contributed by atoms with Crippen LogP contribution in [0.15, 0.2) is 6.20 Å². The van der Waals surface area contributed by atoms with Gasteiger partial charge >= 0.3 is 0 Å². The summed E-state index contributed by atoms with van der Waals surface area (Å²) in [6.45, 7) is 5.43. The molecule has 0 radical (unpaired) electrons. The fraction of sp³-hybridized carbons (Fsp3) is 0.667. The molecule has 16 heavy (non-hydrogen) atoms. The topological polar surface area (TPSA) is 55.0 Å². The summed E-state index contributed by atoms with van der Waals surface area (Å²) >= 11 is 0. The van der Waals surface area contributed by atoms with E-state index in [1.54, 1.807) is 6.20 Å².